The van der Waals surface area contributed by atoms with E-state index in [1.165, 1.54) is 0 Å². The summed E-state index contributed by atoms with van der Waals surface area (Å²) in [5.74, 6) is 1.50. The number of nitrogens with zero attached hydrogens (tertiary/aromatic N) is 2. The fourth-order valence-corrected chi connectivity index (χ4v) is 1.90. The second-order valence-corrected chi connectivity index (χ2v) is 5.06. The van der Waals surface area contributed by atoms with E-state index in [9.17, 15) is 0 Å². The van der Waals surface area contributed by atoms with Crippen molar-refractivity contribution < 1.29 is 0 Å². The Balaban J connectivity index is 2.01. The van der Waals surface area contributed by atoms with E-state index >= 15 is 0 Å². The van der Waals surface area contributed by atoms with Gasteiger partial charge in [0, 0.05) is 29.9 Å². The Labute approximate surface area is 124 Å². The first-order valence-corrected chi connectivity index (χ1v) is 7.13. The summed E-state index contributed by atoms with van der Waals surface area (Å²) in [5.41, 5.74) is 2.10. The molecule has 0 fully saturated rings. The van der Waals surface area contributed by atoms with Crippen LogP contribution in [-0.4, -0.2) is 16.5 Å². The van der Waals surface area contributed by atoms with Gasteiger partial charge in [-0.15, -0.1) is 0 Å². The zero-order valence-electron chi connectivity index (χ0n) is 11.8. The highest BCUT2D eigenvalue weighted by Gasteiger charge is 2.01. The summed E-state index contributed by atoms with van der Waals surface area (Å²) in [5, 5.41) is 7.25. The quantitative estimate of drug-likeness (QED) is 0.848. The van der Waals surface area contributed by atoms with Crippen LogP contribution in [0.1, 0.15) is 24.6 Å². The highest BCUT2D eigenvalue weighted by atomic mass is 35.5. The Morgan fingerprint density at radius 3 is 2.55 bits per heavy atom. The van der Waals surface area contributed by atoms with E-state index in [2.05, 4.69) is 27.5 Å². The lowest BCUT2D eigenvalue weighted by Crippen LogP contribution is -2.08. The van der Waals surface area contributed by atoms with Crippen molar-refractivity contribution in [2.75, 3.05) is 17.2 Å². The maximum atomic E-state index is 5.87. The van der Waals surface area contributed by atoms with Crippen LogP contribution in [0.3, 0.4) is 0 Å². The maximum Gasteiger partial charge on any atom is 0.224 e. The predicted molar refractivity (Wildman–Crippen MR) is 84.3 cm³/mol. The molecule has 0 aliphatic carbocycles. The molecule has 4 nitrogen and oxygen atoms in total. The molecule has 1 aromatic heterocycles. The van der Waals surface area contributed by atoms with E-state index in [0.717, 1.165) is 35.1 Å². The molecule has 2 rings (SSSR count). The topological polar surface area (TPSA) is 49.8 Å². The SMILES string of the molecule is CCCNc1nc(C)cc(NCc2ccc(Cl)cc2)n1. The Bertz CT molecular complexity index is 554. The number of nitrogens with one attached hydrogen (secondary N) is 2. The molecule has 2 N–H and O–H groups in total. The van der Waals surface area contributed by atoms with Crippen molar-refractivity contribution in [3.63, 3.8) is 0 Å². The van der Waals surface area contributed by atoms with Gasteiger partial charge in [-0.2, -0.15) is 4.98 Å². The van der Waals surface area contributed by atoms with Crippen molar-refractivity contribution in [2.45, 2.75) is 26.8 Å². The zero-order chi connectivity index (χ0) is 14.4. The Kier molecular flexibility index (Phi) is 5.18. The van der Waals surface area contributed by atoms with Gasteiger partial charge < -0.3 is 10.6 Å². The third kappa shape index (κ3) is 4.38. The van der Waals surface area contributed by atoms with E-state index < -0.39 is 0 Å². The first-order valence-electron chi connectivity index (χ1n) is 6.75. The first-order chi connectivity index (χ1) is 9.67. The van der Waals surface area contributed by atoms with Crippen LogP contribution in [0.5, 0.6) is 0 Å². The smallest absolute Gasteiger partial charge is 0.224 e. The molecule has 0 saturated heterocycles. The Morgan fingerprint density at radius 2 is 1.85 bits per heavy atom. The number of aromatic nitrogens is 2. The third-order valence-corrected chi connectivity index (χ3v) is 3.03. The normalized spacial score (nSPS) is 10.3. The Morgan fingerprint density at radius 1 is 1.10 bits per heavy atom. The number of aryl methyl sites for hydroxylation is 1. The van der Waals surface area contributed by atoms with Crippen LogP contribution in [-0.2, 0) is 6.54 Å². The molecule has 0 aliphatic rings. The molecular weight excluding hydrogens is 272 g/mol. The van der Waals surface area contributed by atoms with Gasteiger partial charge in [0.05, 0.1) is 0 Å². The standard InChI is InChI=1S/C15H19ClN4/c1-3-8-17-15-19-11(2)9-14(20-15)18-10-12-4-6-13(16)7-5-12/h4-7,9H,3,8,10H2,1-2H3,(H2,17,18,19,20). The highest BCUT2D eigenvalue weighted by Crippen LogP contribution is 2.13. The van der Waals surface area contributed by atoms with Gasteiger partial charge in [0.15, 0.2) is 0 Å². The number of rotatable bonds is 6. The lowest BCUT2D eigenvalue weighted by Gasteiger charge is -2.09. The lowest BCUT2D eigenvalue weighted by atomic mass is 10.2. The monoisotopic (exact) mass is 290 g/mol. The van der Waals surface area contributed by atoms with Crippen LogP contribution >= 0.6 is 11.6 Å². The largest absolute Gasteiger partial charge is 0.366 e. The lowest BCUT2D eigenvalue weighted by molar-refractivity contribution is 0.943. The van der Waals surface area contributed by atoms with E-state index in [1.807, 2.05) is 37.3 Å². The first kappa shape index (κ1) is 14.6. The molecule has 0 spiro atoms. The minimum atomic E-state index is 0.672. The van der Waals surface area contributed by atoms with E-state index in [1.54, 1.807) is 0 Å². The summed E-state index contributed by atoms with van der Waals surface area (Å²) in [6.45, 7) is 5.66. The van der Waals surface area contributed by atoms with Crippen molar-refractivity contribution in [2.24, 2.45) is 0 Å². The van der Waals surface area contributed by atoms with Gasteiger partial charge in [0.1, 0.15) is 5.82 Å². The molecule has 0 saturated carbocycles. The van der Waals surface area contributed by atoms with Crippen LogP contribution in [0.4, 0.5) is 11.8 Å². The van der Waals surface area contributed by atoms with E-state index in [0.29, 0.717) is 12.5 Å². The molecule has 0 atom stereocenters. The molecule has 0 unspecified atom stereocenters. The highest BCUT2D eigenvalue weighted by molar-refractivity contribution is 6.30. The van der Waals surface area contributed by atoms with Gasteiger partial charge >= 0.3 is 0 Å². The number of hydrogen-bond donors (Lipinski definition) is 2. The molecule has 5 heteroatoms. The van der Waals surface area contributed by atoms with Crippen molar-refractivity contribution in [1.82, 2.24) is 9.97 Å². The summed E-state index contributed by atoms with van der Waals surface area (Å²) in [6, 6.07) is 9.71. The number of halogens is 1. The fraction of sp³-hybridized carbons (Fsp3) is 0.333. The minimum Gasteiger partial charge on any atom is -0.366 e. The van der Waals surface area contributed by atoms with Gasteiger partial charge in [-0.25, -0.2) is 4.98 Å². The average Bonchev–Trinajstić information content (AvgIpc) is 2.44. The predicted octanol–water partition coefficient (Wildman–Crippen LogP) is 3.87. The van der Waals surface area contributed by atoms with Crippen LogP contribution in [0, 0.1) is 6.92 Å². The van der Waals surface area contributed by atoms with Crippen LogP contribution < -0.4 is 10.6 Å². The molecule has 106 valence electrons. The second-order valence-electron chi connectivity index (χ2n) is 4.62. The summed E-state index contributed by atoms with van der Waals surface area (Å²) >= 11 is 5.87. The van der Waals surface area contributed by atoms with E-state index in [4.69, 9.17) is 11.6 Å². The maximum absolute atomic E-state index is 5.87. The summed E-state index contributed by atoms with van der Waals surface area (Å²) in [6.07, 6.45) is 1.05. The average molecular weight is 291 g/mol. The van der Waals surface area contributed by atoms with Gasteiger partial charge in [0.25, 0.3) is 0 Å². The Hall–Kier alpha value is -1.81. The summed E-state index contributed by atoms with van der Waals surface area (Å²) in [7, 11) is 0. The van der Waals surface area contributed by atoms with Crippen LogP contribution in [0.2, 0.25) is 5.02 Å². The van der Waals surface area contributed by atoms with Crippen LogP contribution in [0.15, 0.2) is 30.3 Å². The molecule has 1 heterocycles. The van der Waals surface area contributed by atoms with Crippen molar-refractivity contribution in [1.29, 1.82) is 0 Å². The molecule has 0 amide bonds. The fourth-order valence-electron chi connectivity index (χ4n) is 1.77. The van der Waals surface area contributed by atoms with Crippen molar-refractivity contribution in [3.05, 3.63) is 46.6 Å². The van der Waals surface area contributed by atoms with Gasteiger partial charge in [-0.3, -0.25) is 0 Å². The van der Waals surface area contributed by atoms with Crippen molar-refractivity contribution in [3.8, 4) is 0 Å². The molecule has 0 aliphatic heterocycles. The summed E-state index contributed by atoms with van der Waals surface area (Å²) in [4.78, 5) is 8.80. The van der Waals surface area contributed by atoms with Gasteiger partial charge in [0.2, 0.25) is 5.95 Å². The number of benzene rings is 1. The molecule has 0 radical (unpaired) electrons. The number of anilines is 2. The molecule has 20 heavy (non-hydrogen) atoms. The zero-order valence-corrected chi connectivity index (χ0v) is 12.5. The molecular formula is C15H19ClN4. The van der Waals surface area contributed by atoms with Gasteiger partial charge in [-0.1, -0.05) is 30.7 Å². The van der Waals surface area contributed by atoms with Crippen molar-refractivity contribution >= 4 is 23.4 Å². The third-order valence-electron chi connectivity index (χ3n) is 2.77. The number of hydrogen-bond acceptors (Lipinski definition) is 4. The molecule has 0 bridgehead atoms. The summed E-state index contributed by atoms with van der Waals surface area (Å²) < 4.78 is 0. The van der Waals surface area contributed by atoms with Gasteiger partial charge in [-0.05, 0) is 31.0 Å². The minimum absolute atomic E-state index is 0.672. The molecule has 1 aromatic carbocycles. The van der Waals surface area contributed by atoms with E-state index in [-0.39, 0.29) is 0 Å². The van der Waals surface area contributed by atoms with Crippen LogP contribution in [0.25, 0.3) is 0 Å². The second kappa shape index (κ2) is 7.10. The molecule has 2 aromatic rings.